The number of amides is 1. The van der Waals surface area contributed by atoms with E-state index in [9.17, 15) is 22.9 Å². The Morgan fingerprint density at radius 2 is 1.26 bits per heavy atom. The molecule has 0 fully saturated rings. The van der Waals surface area contributed by atoms with Crippen molar-refractivity contribution in [3.8, 4) is 0 Å². The monoisotopic (exact) mass is 501 g/mol. The van der Waals surface area contributed by atoms with E-state index < -0.39 is 28.0 Å². The van der Waals surface area contributed by atoms with Crippen LogP contribution >= 0.6 is 0 Å². The van der Waals surface area contributed by atoms with E-state index in [4.69, 9.17) is 0 Å². The molecular weight excluding hydrogens is 450 g/mol. The van der Waals surface area contributed by atoms with Crippen molar-refractivity contribution in [2.45, 2.75) is 135 Å². The van der Waals surface area contributed by atoms with Crippen LogP contribution < -0.4 is 5.32 Å². The normalized spacial score (nSPS) is 14.1. The Morgan fingerprint density at radius 1 is 0.765 bits per heavy atom. The molecule has 200 valence electrons. The molecule has 7 heteroatoms. The first-order valence-corrected chi connectivity index (χ1v) is 15.1. The van der Waals surface area contributed by atoms with Gasteiger partial charge in [-0.3, -0.25) is 9.35 Å². The summed E-state index contributed by atoms with van der Waals surface area (Å²) in [7, 11) is -4.33. The summed E-state index contributed by atoms with van der Waals surface area (Å²) in [5.41, 5.74) is 0. The van der Waals surface area contributed by atoms with Gasteiger partial charge < -0.3 is 10.4 Å². The molecule has 0 saturated carbocycles. The third kappa shape index (κ3) is 22.6. The molecule has 0 bridgehead atoms. The van der Waals surface area contributed by atoms with E-state index in [2.05, 4.69) is 31.3 Å². The second kappa shape index (κ2) is 22.3. The fourth-order valence-corrected chi connectivity index (χ4v) is 4.55. The number of rotatable bonds is 23. The highest BCUT2D eigenvalue weighted by Gasteiger charge is 2.24. The third-order valence-electron chi connectivity index (χ3n) is 5.88. The minimum Gasteiger partial charge on any atom is -0.387 e. The maximum Gasteiger partial charge on any atom is 0.267 e. The van der Waals surface area contributed by atoms with Gasteiger partial charge in [0.05, 0.1) is 17.9 Å². The Bertz CT molecular complexity index is 645. The van der Waals surface area contributed by atoms with Crippen LogP contribution in [-0.2, 0) is 14.9 Å². The lowest BCUT2D eigenvalue weighted by atomic mass is 10.1. The summed E-state index contributed by atoms with van der Waals surface area (Å²) in [6.45, 7) is 4.39. The average Bonchev–Trinajstić information content (AvgIpc) is 2.77. The molecule has 0 aromatic rings. The lowest BCUT2D eigenvalue weighted by molar-refractivity contribution is -0.122. The van der Waals surface area contributed by atoms with Gasteiger partial charge in [0.25, 0.3) is 10.1 Å². The molecular formula is C27H51NO5S. The van der Waals surface area contributed by atoms with Crippen LogP contribution in [0.3, 0.4) is 0 Å². The number of carbonyl (C=O) groups excluding carboxylic acids is 1. The molecule has 34 heavy (non-hydrogen) atoms. The lowest BCUT2D eigenvalue weighted by Gasteiger charge is -2.21. The van der Waals surface area contributed by atoms with Crippen LogP contribution in [0, 0.1) is 0 Å². The zero-order valence-corrected chi connectivity index (χ0v) is 22.5. The standard InChI is InChI=1S/C27H51NO5S/c1-3-5-7-9-11-13-15-17-19-21-23-27(30)28-25(24-34(31,32)33)26(29)22-20-18-16-14-12-10-8-6-4-2/h12,14,20,22,25-26,29H,3-11,13,15-19,21,23-24H2,1-2H3,(H,28,30)(H,31,32,33)/b14-12+,22-20+. The molecule has 1 amide bonds. The molecule has 0 saturated heterocycles. The largest absolute Gasteiger partial charge is 0.387 e. The molecule has 0 radical (unpaired) electrons. The van der Waals surface area contributed by atoms with Crippen LogP contribution in [0.1, 0.15) is 123 Å². The van der Waals surface area contributed by atoms with Gasteiger partial charge in [0.15, 0.2) is 0 Å². The van der Waals surface area contributed by atoms with Gasteiger partial charge >= 0.3 is 0 Å². The van der Waals surface area contributed by atoms with Crippen molar-refractivity contribution in [2.24, 2.45) is 0 Å². The first-order valence-electron chi connectivity index (χ1n) is 13.5. The van der Waals surface area contributed by atoms with Crippen molar-refractivity contribution in [1.82, 2.24) is 5.32 Å². The maximum atomic E-state index is 12.3. The minimum atomic E-state index is -4.33. The quantitative estimate of drug-likeness (QED) is 0.0842. The minimum absolute atomic E-state index is 0.289. The molecule has 6 nitrogen and oxygen atoms in total. The maximum absolute atomic E-state index is 12.3. The number of aliphatic hydroxyl groups excluding tert-OH is 1. The molecule has 0 aliphatic carbocycles. The number of carbonyl (C=O) groups is 1. The smallest absolute Gasteiger partial charge is 0.267 e. The van der Waals surface area contributed by atoms with Gasteiger partial charge in [-0.15, -0.1) is 0 Å². The lowest BCUT2D eigenvalue weighted by Crippen LogP contribution is -2.46. The molecule has 3 N–H and O–H groups in total. The predicted octanol–water partition coefficient (Wildman–Crippen LogP) is 6.50. The molecule has 0 heterocycles. The van der Waals surface area contributed by atoms with E-state index in [1.165, 1.54) is 70.3 Å². The fraction of sp³-hybridized carbons (Fsp3) is 0.815. The van der Waals surface area contributed by atoms with Crippen molar-refractivity contribution in [1.29, 1.82) is 0 Å². The van der Waals surface area contributed by atoms with Crippen molar-refractivity contribution in [2.75, 3.05) is 5.75 Å². The SMILES string of the molecule is CCCCC/C=C/CC/C=C/C(O)C(CS(=O)(=O)O)NC(=O)CCCCCCCCCCCC. The topological polar surface area (TPSA) is 104 Å². The molecule has 2 atom stereocenters. The highest BCUT2D eigenvalue weighted by Crippen LogP contribution is 2.12. The summed E-state index contributed by atoms with van der Waals surface area (Å²) in [4.78, 5) is 12.3. The molecule has 0 aromatic carbocycles. The molecule has 0 aliphatic rings. The second-order valence-electron chi connectivity index (χ2n) is 9.32. The molecule has 0 spiro atoms. The van der Waals surface area contributed by atoms with Gasteiger partial charge in [-0.2, -0.15) is 8.42 Å². The van der Waals surface area contributed by atoms with Crippen molar-refractivity contribution in [3.05, 3.63) is 24.3 Å². The average molecular weight is 502 g/mol. The Labute approximate surface area is 209 Å². The van der Waals surface area contributed by atoms with Crippen molar-refractivity contribution >= 4 is 16.0 Å². The van der Waals surface area contributed by atoms with Crippen LogP contribution in [0.5, 0.6) is 0 Å². The van der Waals surface area contributed by atoms with E-state index in [0.717, 1.165) is 32.1 Å². The number of nitrogens with one attached hydrogen (secondary N) is 1. The highest BCUT2D eigenvalue weighted by molar-refractivity contribution is 7.85. The van der Waals surface area contributed by atoms with Crippen LogP contribution in [0.15, 0.2) is 24.3 Å². The zero-order valence-electron chi connectivity index (χ0n) is 21.7. The van der Waals surface area contributed by atoms with E-state index in [0.29, 0.717) is 6.42 Å². The summed E-state index contributed by atoms with van der Waals surface area (Å²) in [6.07, 6.45) is 24.6. The van der Waals surface area contributed by atoms with E-state index in [1.54, 1.807) is 6.08 Å². The van der Waals surface area contributed by atoms with Crippen LogP contribution in [0.25, 0.3) is 0 Å². The van der Waals surface area contributed by atoms with Crippen LogP contribution in [0.4, 0.5) is 0 Å². The first-order chi connectivity index (χ1) is 16.3. The van der Waals surface area contributed by atoms with Gasteiger partial charge in [0.1, 0.15) is 0 Å². The number of unbranched alkanes of at least 4 members (excludes halogenated alkanes) is 13. The van der Waals surface area contributed by atoms with Crippen LogP contribution in [0.2, 0.25) is 0 Å². The highest BCUT2D eigenvalue weighted by atomic mass is 32.2. The van der Waals surface area contributed by atoms with Gasteiger partial charge in [0.2, 0.25) is 5.91 Å². The molecule has 0 aliphatic heterocycles. The summed E-state index contributed by atoms with van der Waals surface area (Å²) in [5.74, 6) is -1.00. The van der Waals surface area contributed by atoms with Gasteiger partial charge in [-0.25, -0.2) is 0 Å². The Balaban J connectivity index is 4.23. The van der Waals surface area contributed by atoms with Gasteiger partial charge in [0, 0.05) is 6.42 Å². The summed E-state index contributed by atoms with van der Waals surface area (Å²) in [6, 6.07) is -1.06. The van der Waals surface area contributed by atoms with Crippen molar-refractivity contribution in [3.63, 3.8) is 0 Å². The molecule has 2 unspecified atom stereocenters. The van der Waals surface area contributed by atoms with E-state index >= 15 is 0 Å². The summed E-state index contributed by atoms with van der Waals surface area (Å²) < 4.78 is 31.9. The predicted molar refractivity (Wildman–Crippen MR) is 142 cm³/mol. The van der Waals surface area contributed by atoms with Crippen LogP contribution in [-0.4, -0.2) is 41.9 Å². The Hall–Kier alpha value is -1.18. The second-order valence-corrected chi connectivity index (χ2v) is 10.8. The third-order valence-corrected chi connectivity index (χ3v) is 6.66. The first kappa shape index (κ1) is 32.8. The molecule has 0 rings (SSSR count). The molecule has 0 aromatic heterocycles. The Morgan fingerprint density at radius 3 is 1.85 bits per heavy atom. The number of aliphatic hydroxyl groups is 1. The number of hydrogen-bond acceptors (Lipinski definition) is 4. The summed E-state index contributed by atoms with van der Waals surface area (Å²) >= 11 is 0. The fourth-order valence-electron chi connectivity index (χ4n) is 3.81. The number of hydrogen-bond donors (Lipinski definition) is 3. The summed E-state index contributed by atoms with van der Waals surface area (Å²) in [5, 5.41) is 13.0. The number of allylic oxidation sites excluding steroid dienone is 3. The van der Waals surface area contributed by atoms with E-state index in [1.807, 2.05) is 0 Å². The van der Waals surface area contributed by atoms with Gasteiger partial charge in [-0.1, -0.05) is 109 Å². The van der Waals surface area contributed by atoms with Gasteiger partial charge in [-0.05, 0) is 32.1 Å². The van der Waals surface area contributed by atoms with E-state index in [-0.39, 0.29) is 12.3 Å². The van der Waals surface area contributed by atoms with Crippen molar-refractivity contribution < 1.29 is 22.9 Å². The Kier molecular flexibility index (Phi) is 21.5. The zero-order chi connectivity index (χ0) is 25.5.